The molecule has 1 spiro atoms. The summed E-state index contributed by atoms with van der Waals surface area (Å²) < 4.78 is 5.61. The molecule has 0 radical (unpaired) electrons. The van der Waals surface area contributed by atoms with Gasteiger partial charge in [-0.3, -0.25) is 4.90 Å². The monoisotopic (exact) mass is 280 g/mol. The number of piperazine rings is 1. The summed E-state index contributed by atoms with van der Waals surface area (Å²) in [6, 6.07) is 0. The van der Waals surface area contributed by atoms with E-state index in [-0.39, 0.29) is 0 Å². The molecule has 1 saturated carbocycles. The van der Waals surface area contributed by atoms with Gasteiger partial charge in [-0.1, -0.05) is 26.2 Å². The highest BCUT2D eigenvalue weighted by Gasteiger charge is 2.45. The largest absolute Gasteiger partial charge is 0.381 e. The average Bonchev–Trinajstić information content (AvgIpc) is 2.98. The van der Waals surface area contributed by atoms with E-state index >= 15 is 0 Å². The van der Waals surface area contributed by atoms with E-state index < -0.39 is 0 Å². The van der Waals surface area contributed by atoms with Gasteiger partial charge in [-0.05, 0) is 38.5 Å². The molecule has 3 aliphatic rings. The minimum atomic E-state index is 0.308. The van der Waals surface area contributed by atoms with Gasteiger partial charge in [0, 0.05) is 37.3 Å². The molecule has 2 aliphatic heterocycles. The van der Waals surface area contributed by atoms with Crippen molar-refractivity contribution in [3.8, 4) is 0 Å². The first kappa shape index (κ1) is 14.8. The molecule has 3 heteroatoms. The van der Waals surface area contributed by atoms with Crippen LogP contribution in [-0.4, -0.2) is 48.8 Å². The van der Waals surface area contributed by atoms with Gasteiger partial charge in [0.25, 0.3) is 0 Å². The van der Waals surface area contributed by atoms with Crippen LogP contribution >= 0.6 is 0 Å². The molecule has 116 valence electrons. The first-order chi connectivity index (χ1) is 9.66. The zero-order chi connectivity index (χ0) is 14.1. The Morgan fingerprint density at radius 1 is 1.25 bits per heavy atom. The Morgan fingerprint density at radius 2 is 2.05 bits per heavy atom. The number of hydrogen-bond acceptors (Lipinski definition) is 3. The maximum atomic E-state index is 5.61. The molecule has 3 nitrogen and oxygen atoms in total. The Balaban J connectivity index is 1.73. The smallest absolute Gasteiger partial charge is 0.0507 e. The summed E-state index contributed by atoms with van der Waals surface area (Å²) in [4.78, 5) is 2.87. The molecule has 2 atom stereocenters. The van der Waals surface area contributed by atoms with Crippen molar-refractivity contribution in [2.45, 2.75) is 69.9 Å². The zero-order valence-electron chi connectivity index (χ0n) is 13.4. The second-order valence-corrected chi connectivity index (χ2v) is 7.66. The second kappa shape index (κ2) is 5.94. The molecule has 1 N–H and O–H groups in total. The van der Waals surface area contributed by atoms with E-state index in [2.05, 4.69) is 24.1 Å². The minimum absolute atomic E-state index is 0.308. The van der Waals surface area contributed by atoms with Crippen LogP contribution in [0.25, 0.3) is 0 Å². The first-order valence-electron chi connectivity index (χ1n) is 8.74. The molecule has 2 unspecified atom stereocenters. The first-order valence-corrected chi connectivity index (χ1v) is 8.74. The molecule has 0 bridgehead atoms. The fourth-order valence-electron chi connectivity index (χ4n) is 4.37. The standard InChI is InChI=1S/C17H32N2O/c1-3-16(2)14-19(11-15-7-10-20-12-15)17(13-18-16)8-5-4-6-9-17/h15,18H,3-14H2,1-2H3. The molecule has 0 aromatic rings. The lowest BCUT2D eigenvalue weighted by Crippen LogP contribution is -2.70. The van der Waals surface area contributed by atoms with Crippen molar-refractivity contribution in [2.24, 2.45) is 5.92 Å². The van der Waals surface area contributed by atoms with Gasteiger partial charge in [-0.2, -0.15) is 0 Å². The van der Waals surface area contributed by atoms with E-state index in [1.165, 1.54) is 64.6 Å². The summed E-state index contributed by atoms with van der Waals surface area (Å²) in [5, 5.41) is 3.89. The summed E-state index contributed by atoms with van der Waals surface area (Å²) in [5.74, 6) is 0.771. The Hall–Kier alpha value is -0.120. The number of nitrogens with one attached hydrogen (secondary N) is 1. The summed E-state index contributed by atoms with van der Waals surface area (Å²) in [5.41, 5.74) is 0.762. The third-order valence-corrected chi connectivity index (χ3v) is 6.12. The number of nitrogens with zero attached hydrogens (tertiary/aromatic N) is 1. The normalized spacial score (nSPS) is 38.4. The molecule has 0 aromatic carbocycles. The molecular weight excluding hydrogens is 248 g/mol. The lowest BCUT2D eigenvalue weighted by molar-refractivity contribution is -0.0257. The van der Waals surface area contributed by atoms with Gasteiger partial charge >= 0.3 is 0 Å². The van der Waals surface area contributed by atoms with Crippen LogP contribution in [0.2, 0.25) is 0 Å². The van der Waals surface area contributed by atoms with Crippen LogP contribution < -0.4 is 5.32 Å². The van der Waals surface area contributed by atoms with Crippen molar-refractivity contribution in [1.82, 2.24) is 10.2 Å². The van der Waals surface area contributed by atoms with Crippen molar-refractivity contribution < 1.29 is 4.74 Å². The molecule has 20 heavy (non-hydrogen) atoms. The van der Waals surface area contributed by atoms with Crippen molar-refractivity contribution in [3.63, 3.8) is 0 Å². The highest BCUT2D eigenvalue weighted by atomic mass is 16.5. The zero-order valence-corrected chi connectivity index (χ0v) is 13.4. The quantitative estimate of drug-likeness (QED) is 0.860. The van der Waals surface area contributed by atoms with Gasteiger partial charge in [0.15, 0.2) is 0 Å². The third kappa shape index (κ3) is 2.90. The molecule has 3 rings (SSSR count). The van der Waals surface area contributed by atoms with Gasteiger partial charge in [-0.15, -0.1) is 0 Å². The molecule has 1 aliphatic carbocycles. The summed E-state index contributed by atoms with van der Waals surface area (Å²) in [7, 11) is 0. The van der Waals surface area contributed by atoms with Gasteiger partial charge in [-0.25, -0.2) is 0 Å². The Bertz CT molecular complexity index is 321. The van der Waals surface area contributed by atoms with Crippen LogP contribution in [0.4, 0.5) is 0 Å². The van der Waals surface area contributed by atoms with Crippen molar-refractivity contribution in [1.29, 1.82) is 0 Å². The predicted octanol–water partition coefficient (Wildman–Crippen LogP) is 2.80. The van der Waals surface area contributed by atoms with E-state index in [1.54, 1.807) is 0 Å². The maximum absolute atomic E-state index is 5.61. The average molecular weight is 280 g/mol. The predicted molar refractivity (Wildman–Crippen MR) is 83.0 cm³/mol. The number of ether oxygens (including phenoxy) is 1. The van der Waals surface area contributed by atoms with Crippen LogP contribution in [0.15, 0.2) is 0 Å². The fourth-order valence-corrected chi connectivity index (χ4v) is 4.37. The lowest BCUT2D eigenvalue weighted by atomic mass is 9.75. The molecule has 2 heterocycles. The second-order valence-electron chi connectivity index (χ2n) is 7.66. The fraction of sp³-hybridized carbons (Fsp3) is 1.00. The van der Waals surface area contributed by atoms with E-state index in [0.29, 0.717) is 11.1 Å². The van der Waals surface area contributed by atoms with E-state index in [4.69, 9.17) is 4.74 Å². The highest BCUT2D eigenvalue weighted by molar-refractivity contribution is 5.05. The van der Waals surface area contributed by atoms with Crippen LogP contribution in [0.5, 0.6) is 0 Å². The number of rotatable bonds is 3. The van der Waals surface area contributed by atoms with E-state index in [9.17, 15) is 0 Å². The molecule has 2 saturated heterocycles. The van der Waals surface area contributed by atoms with E-state index in [0.717, 1.165) is 19.1 Å². The van der Waals surface area contributed by atoms with Gasteiger partial charge in [0.05, 0.1) is 6.61 Å². The van der Waals surface area contributed by atoms with Gasteiger partial charge < -0.3 is 10.1 Å². The van der Waals surface area contributed by atoms with Crippen LogP contribution in [0.1, 0.15) is 58.8 Å². The molecule has 0 aromatic heterocycles. The molecular formula is C17H32N2O. The Labute approximate surface area is 124 Å². The highest BCUT2D eigenvalue weighted by Crippen LogP contribution is 2.38. The van der Waals surface area contributed by atoms with Crippen molar-refractivity contribution in [3.05, 3.63) is 0 Å². The molecule has 3 fully saturated rings. The van der Waals surface area contributed by atoms with Crippen LogP contribution in [0, 0.1) is 5.92 Å². The number of hydrogen-bond donors (Lipinski definition) is 1. The SMILES string of the molecule is CCC1(C)CN(CC2CCOC2)C2(CCCCC2)CN1. The van der Waals surface area contributed by atoms with Gasteiger partial charge in [0.1, 0.15) is 0 Å². The van der Waals surface area contributed by atoms with Crippen molar-refractivity contribution in [2.75, 3.05) is 32.8 Å². The minimum Gasteiger partial charge on any atom is -0.381 e. The summed E-state index contributed by atoms with van der Waals surface area (Å²) in [6.45, 7) is 10.4. The van der Waals surface area contributed by atoms with Crippen LogP contribution in [0.3, 0.4) is 0 Å². The van der Waals surface area contributed by atoms with Crippen LogP contribution in [-0.2, 0) is 4.74 Å². The van der Waals surface area contributed by atoms with E-state index in [1.807, 2.05) is 0 Å². The van der Waals surface area contributed by atoms with Gasteiger partial charge in [0.2, 0.25) is 0 Å². The summed E-state index contributed by atoms with van der Waals surface area (Å²) >= 11 is 0. The third-order valence-electron chi connectivity index (χ3n) is 6.12. The molecule has 0 amide bonds. The lowest BCUT2D eigenvalue weighted by Gasteiger charge is -2.56. The van der Waals surface area contributed by atoms with Crippen molar-refractivity contribution >= 4 is 0 Å². The Morgan fingerprint density at radius 3 is 2.70 bits per heavy atom. The summed E-state index contributed by atoms with van der Waals surface area (Å²) in [6.07, 6.45) is 9.56. The topological polar surface area (TPSA) is 24.5 Å². The maximum Gasteiger partial charge on any atom is 0.0507 e. The Kier molecular flexibility index (Phi) is 4.40.